The molecule has 88 valence electrons. The van der Waals surface area contributed by atoms with Gasteiger partial charge in [0.15, 0.2) is 0 Å². The molecule has 3 N–H and O–H groups in total. The van der Waals surface area contributed by atoms with Gasteiger partial charge in [-0.15, -0.1) is 0 Å². The van der Waals surface area contributed by atoms with E-state index in [0.717, 1.165) is 6.42 Å². The van der Waals surface area contributed by atoms with Gasteiger partial charge in [-0.1, -0.05) is 6.42 Å². The van der Waals surface area contributed by atoms with Crippen molar-refractivity contribution in [2.45, 2.75) is 69.2 Å². The molecule has 0 amide bonds. The zero-order chi connectivity index (χ0) is 10.7. The zero-order valence-electron chi connectivity index (χ0n) is 9.74. The minimum absolute atomic E-state index is 0.415. The molecule has 0 radical (unpaired) electrons. The van der Waals surface area contributed by atoms with Crippen molar-refractivity contribution < 1.29 is 4.74 Å². The Hall–Kier alpha value is -0.120. The SMILES string of the molecule is COC1CCCC1NC1CCCC(N)C1. The van der Waals surface area contributed by atoms with Crippen LogP contribution in [0.25, 0.3) is 0 Å². The van der Waals surface area contributed by atoms with Crippen LogP contribution >= 0.6 is 0 Å². The Morgan fingerprint density at radius 2 is 1.93 bits per heavy atom. The largest absolute Gasteiger partial charge is 0.380 e. The van der Waals surface area contributed by atoms with Gasteiger partial charge in [-0.05, 0) is 38.5 Å². The van der Waals surface area contributed by atoms with E-state index in [-0.39, 0.29) is 0 Å². The number of nitrogens with two attached hydrogens (primary N) is 1. The lowest BCUT2D eigenvalue weighted by molar-refractivity contribution is 0.0786. The quantitative estimate of drug-likeness (QED) is 0.743. The maximum atomic E-state index is 6.00. The summed E-state index contributed by atoms with van der Waals surface area (Å²) in [4.78, 5) is 0. The van der Waals surface area contributed by atoms with E-state index < -0.39 is 0 Å². The van der Waals surface area contributed by atoms with Crippen molar-refractivity contribution in [1.82, 2.24) is 5.32 Å². The van der Waals surface area contributed by atoms with Crippen LogP contribution in [0.5, 0.6) is 0 Å². The van der Waals surface area contributed by atoms with Gasteiger partial charge in [0.25, 0.3) is 0 Å². The van der Waals surface area contributed by atoms with Gasteiger partial charge in [-0.3, -0.25) is 0 Å². The van der Waals surface area contributed by atoms with Gasteiger partial charge in [0.05, 0.1) is 6.10 Å². The van der Waals surface area contributed by atoms with Crippen LogP contribution in [0.15, 0.2) is 0 Å². The average molecular weight is 212 g/mol. The van der Waals surface area contributed by atoms with Crippen LogP contribution in [0.1, 0.15) is 44.9 Å². The number of nitrogens with one attached hydrogen (secondary N) is 1. The molecular weight excluding hydrogens is 188 g/mol. The lowest BCUT2D eigenvalue weighted by Gasteiger charge is -2.31. The molecular formula is C12H24N2O. The molecule has 0 saturated heterocycles. The van der Waals surface area contributed by atoms with Gasteiger partial charge in [-0.25, -0.2) is 0 Å². The number of rotatable bonds is 3. The van der Waals surface area contributed by atoms with Crippen LogP contribution in [-0.4, -0.2) is 31.3 Å². The Morgan fingerprint density at radius 3 is 2.67 bits per heavy atom. The van der Waals surface area contributed by atoms with E-state index in [1.165, 1.54) is 38.5 Å². The summed E-state index contributed by atoms with van der Waals surface area (Å²) in [6, 6.07) is 1.62. The highest BCUT2D eigenvalue weighted by molar-refractivity contribution is 4.89. The molecule has 0 spiro atoms. The minimum atomic E-state index is 0.415. The van der Waals surface area contributed by atoms with Gasteiger partial charge < -0.3 is 15.8 Å². The molecule has 2 aliphatic carbocycles. The predicted molar refractivity (Wildman–Crippen MR) is 61.8 cm³/mol. The first-order valence-corrected chi connectivity index (χ1v) is 6.34. The van der Waals surface area contributed by atoms with Gasteiger partial charge in [0.1, 0.15) is 0 Å². The minimum Gasteiger partial charge on any atom is -0.380 e. The molecule has 15 heavy (non-hydrogen) atoms. The Bertz CT molecular complexity index is 198. The summed E-state index contributed by atoms with van der Waals surface area (Å²) in [5.74, 6) is 0. The third-order valence-electron chi connectivity index (χ3n) is 3.92. The summed E-state index contributed by atoms with van der Waals surface area (Å²) < 4.78 is 5.50. The second kappa shape index (κ2) is 5.28. The summed E-state index contributed by atoms with van der Waals surface area (Å²) >= 11 is 0. The van der Waals surface area contributed by atoms with E-state index >= 15 is 0 Å². The Balaban J connectivity index is 1.80. The predicted octanol–water partition coefficient (Wildman–Crippen LogP) is 1.41. The molecule has 0 aromatic carbocycles. The first kappa shape index (κ1) is 11.4. The van der Waals surface area contributed by atoms with E-state index in [4.69, 9.17) is 10.5 Å². The van der Waals surface area contributed by atoms with E-state index in [0.29, 0.717) is 24.2 Å². The van der Waals surface area contributed by atoms with Gasteiger partial charge in [-0.2, -0.15) is 0 Å². The average Bonchev–Trinajstić information content (AvgIpc) is 2.65. The molecule has 2 rings (SSSR count). The van der Waals surface area contributed by atoms with Crippen LogP contribution < -0.4 is 11.1 Å². The molecule has 4 atom stereocenters. The lowest BCUT2D eigenvalue weighted by Crippen LogP contribution is -2.47. The molecule has 3 nitrogen and oxygen atoms in total. The highest BCUT2D eigenvalue weighted by Crippen LogP contribution is 2.24. The van der Waals surface area contributed by atoms with Crippen molar-refractivity contribution in [1.29, 1.82) is 0 Å². The number of hydrogen-bond acceptors (Lipinski definition) is 3. The summed E-state index contributed by atoms with van der Waals surface area (Å²) in [5.41, 5.74) is 6.00. The molecule has 2 aliphatic rings. The highest BCUT2D eigenvalue weighted by Gasteiger charge is 2.30. The fourth-order valence-electron chi connectivity index (χ4n) is 3.08. The smallest absolute Gasteiger partial charge is 0.0724 e. The standard InChI is InChI=1S/C12H24N2O/c1-15-12-7-3-6-11(12)14-10-5-2-4-9(13)8-10/h9-12,14H,2-8,13H2,1H3. The summed E-state index contributed by atoms with van der Waals surface area (Å²) in [6.07, 6.45) is 9.14. The van der Waals surface area contributed by atoms with Crippen LogP contribution in [0.2, 0.25) is 0 Å². The molecule has 0 aromatic heterocycles. The van der Waals surface area contributed by atoms with Crippen LogP contribution in [0.4, 0.5) is 0 Å². The third kappa shape index (κ3) is 2.92. The maximum Gasteiger partial charge on any atom is 0.0724 e. The van der Waals surface area contributed by atoms with Crippen molar-refractivity contribution in [3.8, 4) is 0 Å². The molecule has 3 heteroatoms. The topological polar surface area (TPSA) is 47.3 Å². The highest BCUT2D eigenvalue weighted by atomic mass is 16.5. The van der Waals surface area contributed by atoms with Crippen molar-refractivity contribution in [2.24, 2.45) is 5.73 Å². The Kier molecular flexibility index (Phi) is 4.00. The molecule has 2 saturated carbocycles. The molecule has 0 aromatic rings. The molecule has 0 heterocycles. The second-order valence-corrected chi connectivity index (χ2v) is 5.10. The van der Waals surface area contributed by atoms with Gasteiger partial charge in [0.2, 0.25) is 0 Å². The zero-order valence-corrected chi connectivity index (χ0v) is 9.74. The molecule has 2 fully saturated rings. The lowest BCUT2D eigenvalue weighted by atomic mass is 9.91. The normalized spacial score (nSPS) is 42.0. The van der Waals surface area contributed by atoms with Gasteiger partial charge in [0, 0.05) is 25.2 Å². The molecule has 0 aliphatic heterocycles. The number of methoxy groups -OCH3 is 1. The van der Waals surface area contributed by atoms with E-state index in [2.05, 4.69) is 5.32 Å². The first-order valence-electron chi connectivity index (χ1n) is 6.34. The summed E-state index contributed by atoms with van der Waals surface area (Å²) in [7, 11) is 1.83. The molecule has 0 bridgehead atoms. The summed E-state index contributed by atoms with van der Waals surface area (Å²) in [6.45, 7) is 0. The van der Waals surface area contributed by atoms with E-state index in [9.17, 15) is 0 Å². The monoisotopic (exact) mass is 212 g/mol. The second-order valence-electron chi connectivity index (χ2n) is 5.10. The van der Waals surface area contributed by atoms with Crippen LogP contribution in [0, 0.1) is 0 Å². The fraction of sp³-hybridized carbons (Fsp3) is 1.00. The molecule has 4 unspecified atom stereocenters. The third-order valence-corrected chi connectivity index (χ3v) is 3.92. The van der Waals surface area contributed by atoms with Crippen molar-refractivity contribution >= 4 is 0 Å². The van der Waals surface area contributed by atoms with Crippen LogP contribution in [0.3, 0.4) is 0 Å². The van der Waals surface area contributed by atoms with Crippen molar-refractivity contribution in [3.63, 3.8) is 0 Å². The first-order chi connectivity index (χ1) is 7.29. The van der Waals surface area contributed by atoms with E-state index in [1.807, 2.05) is 7.11 Å². The Morgan fingerprint density at radius 1 is 1.13 bits per heavy atom. The van der Waals surface area contributed by atoms with Crippen molar-refractivity contribution in [3.05, 3.63) is 0 Å². The van der Waals surface area contributed by atoms with Crippen LogP contribution in [-0.2, 0) is 4.74 Å². The van der Waals surface area contributed by atoms with E-state index in [1.54, 1.807) is 0 Å². The summed E-state index contributed by atoms with van der Waals surface area (Å²) in [5, 5.41) is 3.74. The van der Waals surface area contributed by atoms with Crippen molar-refractivity contribution in [2.75, 3.05) is 7.11 Å². The maximum absolute atomic E-state index is 6.00. The number of hydrogen-bond donors (Lipinski definition) is 2. The number of ether oxygens (including phenoxy) is 1. The van der Waals surface area contributed by atoms with Gasteiger partial charge >= 0.3 is 0 Å². The fourth-order valence-corrected chi connectivity index (χ4v) is 3.08. The Labute approximate surface area is 92.7 Å².